The lowest BCUT2D eigenvalue weighted by molar-refractivity contribution is 0.277. The molecule has 0 aliphatic heterocycles. The molecule has 2 aromatic rings. The molecule has 1 atom stereocenters. The molecule has 0 aliphatic carbocycles. The Labute approximate surface area is 127 Å². The average molecular weight is 329 g/mol. The zero-order valence-electron chi connectivity index (χ0n) is 11.7. The van der Waals surface area contributed by atoms with Crippen molar-refractivity contribution in [2.45, 2.75) is 24.5 Å². The van der Waals surface area contributed by atoms with Gasteiger partial charge in [0.2, 0.25) is 10.0 Å². The molecule has 4 nitrogen and oxygen atoms in total. The van der Waals surface area contributed by atoms with Gasteiger partial charge in [-0.2, -0.15) is 4.31 Å². The third-order valence-electron chi connectivity index (χ3n) is 3.36. The summed E-state index contributed by atoms with van der Waals surface area (Å²) >= 11 is 1.45. The van der Waals surface area contributed by atoms with Gasteiger partial charge >= 0.3 is 0 Å². The summed E-state index contributed by atoms with van der Waals surface area (Å²) < 4.78 is 39.9. The Bertz CT molecular complexity index is 714. The fraction of sp³-hybridized carbons (Fsp3) is 0.286. The zero-order chi connectivity index (χ0) is 15.6. The molecule has 21 heavy (non-hydrogen) atoms. The quantitative estimate of drug-likeness (QED) is 0.918. The van der Waals surface area contributed by atoms with Crippen LogP contribution in [0, 0.1) is 5.82 Å². The third-order valence-corrected chi connectivity index (χ3v) is 6.41. The van der Waals surface area contributed by atoms with Crippen LogP contribution in [0.25, 0.3) is 0 Å². The first-order valence-electron chi connectivity index (χ1n) is 6.28. The van der Waals surface area contributed by atoms with Crippen molar-refractivity contribution in [2.75, 3.05) is 7.05 Å². The van der Waals surface area contributed by atoms with Crippen molar-refractivity contribution >= 4 is 21.4 Å². The normalized spacial score (nSPS) is 13.6. The lowest BCUT2D eigenvalue weighted by atomic mass is 10.2. The Morgan fingerprint density at radius 1 is 1.38 bits per heavy atom. The highest BCUT2D eigenvalue weighted by Crippen LogP contribution is 2.30. The maximum Gasteiger partial charge on any atom is 0.243 e. The summed E-state index contributed by atoms with van der Waals surface area (Å²) in [6.07, 6.45) is 0. The highest BCUT2D eigenvalue weighted by molar-refractivity contribution is 7.89. The molecule has 0 fully saturated rings. The van der Waals surface area contributed by atoms with Gasteiger partial charge in [0.1, 0.15) is 5.82 Å². The first kappa shape index (κ1) is 16.1. The van der Waals surface area contributed by atoms with E-state index >= 15 is 0 Å². The molecule has 114 valence electrons. The molecule has 1 heterocycles. The fourth-order valence-electron chi connectivity index (χ4n) is 1.97. The average Bonchev–Trinajstić information content (AvgIpc) is 2.99. The molecule has 0 radical (unpaired) electrons. The lowest BCUT2D eigenvalue weighted by Crippen LogP contribution is -2.30. The molecule has 0 bridgehead atoms. The van der Waals surface area contributed by atoms with Crippen LogP contribution in [0.2, 0.25) is 0 Å². The predicted molar refractivity (Wildman–Crippen MR) is 80.0 cm³/mol. The smallest absolute Gasteiger partial charge is 0.243 e. The summed E-state index contributed by atoms with van der Waals surface area (Å²) in [6, 6.07) is 6.68. The summed E-state index contributed by atoms with van der Waals surface area (Å²) in [6.45, 7) is 1.30. The largest absolute Gasteiger partial charge is 0.392 e. The van der Waals surface area contributed by atoms with Crippen molar-refractivity contribution in [3.05, 3.63) is 52.0 Å². The van der Waals surface area contributed by atoms with Crippen molar-refractivity contribution in [2.24, 2.45) is 0 Å². The van der Waals surface area contributed by atoms with Crippen molar-refractivity contribution in [1.29, 1.82) is 0 Å². The van der Waals surface area contributed by atoms with Crippen LogP contribution < -0.4 is 0 Å². The van der Waals surface area contributed by atoms with Crippen LogP contribution in [-0.2, 0) is 16.6 Å². The molecular weight excluding hydrogens is 313 g/mol. The second kappa shape index (κ2) is 6.23. The van der Waals surface area contributed by atoms with E-state index in [1.54, 1.807) is 6.92 Å². The number of nitrogens with zero attached hydrogens (tertiary/aromatic N) is 1. The minimum absolute atomic E-state index is 0.182. The highest BCUT2D eigenvalue weighted by Gasteiger charge is 2.29. The molecule has 1 aromatic carbocycles. The summed E-state index contributed by atoms with van der Waals surface area (Å²) in [5, 5.41) is 11.1. The first-order chi connectivity index (χ1) is 9.87. The van der Waals surface area contributed by atoms with Gasteiger partial charge in [-0.05, 0) is 36.1 Å². The minimum atomic E-state index is -3.89. The van der Waals surface area contributed by atoms with Crippen LogP contribution in [0.15, 0.2) is 40.6 Å². The monoisotopic (exact) mass is 329 g/mol. The molecule has 1 N–H and O–H groups in total. The molecule has 0 spiro atoms. The number of halogens is 1. The van der Waals surface area contributed by atoms with Gasteiger partial charge in [-0.1, -0.05) is 12.1 Å². The standard InChI is InChI=1S/C14H16FNO3S2/c1-10(13-4-3-7-20-13)16(2)21(18,19)14-8-12(15)6-5-11(14)9-17/h3-8,10,17H,9H2,1-2H3. The highest BCUT2D eigenvalue weighted by atomic mass is 32.2. The molecule has 0 saturated heterocycles. The first-order valence-corrected chi connectivity index (χ1v) is 8.60. The number of rotatable bonds is 5. The summed E-state index contributed by atoms with van der Waals surface area (Å²) in [5.41, 5.74) is 0.182. The second-order valence-electron chi connectivity index (χ2n) is 4.62. The summed E-state index contributed by atoms with van der Waals surface area (Å²) in [5.74, 6) is -0.650. The molecule has 1 aromatic heterocycles. The van der Waals surface area contributed by atoms with Crippen molar-refractivity contribution in [1.82, 2.24) is 4.31 Å². The van der Waals surface area contributed by atoms with Gasteiger partial charge in [0.15, 0.2) is 0 Å². The number of hydrogen-bond donors (Lipinski definition) is 1. The van der Waals surface area contributed by atoms with Crippen LogP contribution in [-0.4, -0.2) is 24.9 Å². The van der Waals surface area contributed by atoms with Crippen LogP contribution in [0.1, 0.15) is 23.4 Å². The van der Waals surface area contributed by atoms with Crippen molar-refractivity contribution in [3.63, 3.8) is 0 Å². The number of benzene rings is 1. The lowest BCUT2D eigenvalue weighted by Gasteiger charge is -2.24. The third kappa shape index (κ3) is 3.16. The summed E-state index contributed by atoms with van der Waals surface area (Å²) in [7, 11) is -2.44. The molecule has 2 rings (SSSR count). The summed E-state index contributed by atoms with van der Waals surface area (Å²) in [4.78, 5) is 0.693. The Balaban J connectivity index is 2.44. The van der Waals surface area contributed by atoms with E-state index in [1.807, 2.05) is 17.5 Å². The van der Waals surface area contributed by atoms with Crippen LogP contribution in [0.3, 0.4) is 0 Å². The Kier molecular flexibility index (Phi) is 4.77. The predicted octanol–water partition coefficient (Wildman–Crippen LogP) is 2.76. The molecule has 0 amide bonds. The minimum Gasteiger partial charge on any atom is -0.392 e. The van der Waals surface area contributed by atoms with Crippen molar-refractivity contribution < 1.29 is 17.9 Å². The van der Waals surface area contributed by atoms with E-state index in [9.17, 15) is 17.9 Å². The second-order valence-corrected chi connectivity index (χ2v) is 7.57. The van der Waals surface area contributed by atoms with E-state index in [-0.39, 0.29) is 16.5 Å². The van der Waals surface area contributed by atoms with E-state index in [0.717, 1.165) is 17.0 Å². The van der Waals surface area contributed by atoms with Gasteiger partial charge < -0.3 is 5.11 Å². The molecule has 0 aliphatic rings. The van der Waals surface area contributed by atoms with E-state index in [1.165, 1.54) is 28.8 Å². The Hall–Kier alpha value is -1.28. The van der Waals surface area contributed by atoms with Gasteiger partial charge in [-0.15, -0.1) is 11.3 Å². The van der Waals surface area contributed by atoms with Gasteiger partial charge in [-0.3, -0.25) is 0 Å². The van der Waals surface area contributed by atoms with Crippen molar-refractivity contribution in [3.8, 4) is 0 Å². The SMILES string of the molecule is CC(c1cccs1)N(C)S(=O)(=O)c1cc(F)ccc1CO. The number of hydrogen-bond acceptors (Lipinski definition) is 4. The topological polar surface area (TPSA) is 57.6 Å². The number of aliphatic hydroxyl groups excluding tert-OH is 1. The van der Waals surface area contributed by atoms with Crippen LogP contribution in [0.5, 0.6) is 0 Å². The van der Waals surface area contributed by atoms with E-state index < -0.39 is 22.4 Å². The van der Waals surface area contributed by atoms with Gasteiger partial charge in [0.05, 0.1) is 17.5 Å². The molecule has 7 heteroatoms. The maximum atomic E-state index is 13.4. The Morgan fingerprint density at radius 2 is 2.10 bits per heavy atom. The van der Waals surface area contributed by atoms with Gasteiger partial charge in [-0.25, -0.2) is 12.8 Å². The fourth-order valence-corrected chi connectivity index (χ4v) is 4.43. The molecule has 1 unspecified atom stereocenters. The van der Waals surface area contributed by atoms with E-state index in [4.69, 9.17) is 0 Å². The number of aliphatic hydroxyl groups is 1. The number of sulfonamides is 1. The zero-order valence-corrected chi connectivity index (χ0v) is 13.3. The van der Waals surface area contributed by atoms with E-state index in [2.05, 4.69) is 0 Å². The maximum absolute atomic E-state index is 13.4. The Morgan fingerprint density at radius 3 is 2.67 bits per heavy atom. The van der Waals surface area contributed by atoms with Gasteiger partial charge in [0.25, 0.3) is 0 Å². The van der Waals surface area contributed by atoms with Crippen LogP contribution >= 0.6 is 11.3 Å². The molecule has 0 saturated carbocycles. The molecular formula is C14H16FNO3S2. The van der Waals surface area contributed by atoms with E-state index in [0.29, 0.717) is 0 Å². The number of thiophene rings is 1. The van der Waals surface area contributed by atoms with Crippen LogP contribution in [0.4, 0.5) is 4.39 Å². The van der Waals surface area contributed by atoms with Gasteiger partial charge in [0, 0.05) is 11.9 Å².